The predicted molar refractivity (Wildman–Crippen MR) is 74.7 cm³/mol. The van der Waals surface area contributed by atoms with Crippen LogP contribution in [0.4, 0.5) is 4.39 Å². The van der Waals surface area contributed by atoms with Crippen LogP contribution in [0.1, 0.15) is 18.9 Å². The maximum absolute atomic E-state index is 13.1. The van der Waals surface area contributed by atoms with Crippen LogP contribution in [0.3, 0.4) is 0 Å². The van der Waals surface area contributed by atoms with Crippen molar-refractivity contribution in [1.82, 2.24) is 4.90 Å². The summed E-state index contributed by atoms with van der Waals surface area (Å²) in [6, 6.07) is 6.99. The van der Waals surface area contributed by atoms with E-state index in [0.717, 1.165) is 24.9 Å². The van der Waals surface area contributed by atoms with Gasteiger partial charge < -0.3 is 10.5 Å². The van der Waals surface area contributed by atoms with Crippen molar-refractivity contribution < 1.29 is 13.9 Å². The standard InChI is InChI=1S/C15H21FN2O2/c1-11(5-6-12-3-2-4-13(16)9-12)18-7-8-20-14(10-18)15(17)19/h2-4,9,11,14H,5-8,10H2,1H3,(H2,17,19)/t11-,14+/m1/s1. The molecule has 1 aliphatic heterocycles. The van der Waals surface area contributed by atoms with Crippen LogP contribution in [0.15, 0.2) is 24.3 Å². The lowest BCUT2D eigenvalue weighted by Gasteiger charge is -2.35. The quantitative estimate of drug-likeness (QED) is 0.885. The molecule has 1 aliphatic rings. The summed E-state index contributed by atoms with van der Waals surface area (Å²) in [7, 11) is 0. The smallest absolute Gasteiger partial charge is 0.247 e. The predicted octanol–water partition coefficient (Wildman–Crippen LogP) is 1.33. The zero-order chi connectivity index (χ0) is 14.5. The second-order valence-electron chi connectivity index (χ2n) is 5.27. The van der Waals surface area contributed by atoms with Gasteiger partial charge >= 0.3 is 0 Å². The number of aryl methyl sites for hydroxylation is 1. The van der Waals surface area contributed by atoms with E-state index < -0.39 is 12.0 Å². The van der Waals surface area contributed by atoms with E-state index in [1.54, 1.807) is 12.1 Å². The van der Waals surface area contributed by atoms with Crippen LogP contribution in [0, 0.1) is 5.82 Å². The molecule has 0 spiro atoms. The molecule has 0 aromatic heterocycles. The van der Waals surface area contributed by atoms with Crippen LogP contribution >= 0.6 is 0 Å². The first-order valence-corrected chi connectivity index (χ1v) is 6.95. The number of rotatable bonds is 5. The van der Waals surface area contributed by atoms with E-state index in [4.69, 9.17) is 10.5 Å². The molecule has 2 N–H and O–H groups in total. The van der Waals surface area contributed by atoms with Gasteiger partial charge in [-0.3, -0.25) is 9.69 Å². The monoisotopic (exact) mass is 280 g/mol. The van der Waals surface area contributed by atoms with Crippen molar-refractivity contribution in [3.63, 3.8) is 0 Å². The van der Waals surface area contributed by atoms with E-state index >= 15 is 0 Å². The zero-order valence-electron chi connectivity index (χ0n) is 11.7. The number of halogens is 1. The van der Waals surface area contributed by atoms with E-state index in [0.29, 0.717) is 19.2 Å². The van der Waals surface area contributed by atoms with Gasteiger partial charge in [0.2, 0.25) is 5.91 Å². The summed E-state index contributed by atoms with van der Waals surface area (Å²) in [6.07, 6.45) is 1.22. The second-order valence-corrected chi connectivity index (χ2v) is 5.27. The Kier molecular flexibility index (Phi) is 5.09. The normalized spacial score (nSPS) is 21.6. The van der Waals surface area contributed by atoms with Crippen molar-refractivity contribution in [1.29, 1.82) is 0 Å². The highest BCUT2D eigenvalue weighted by Gasteiger charge is 2.27. The maximum atomic E-state index is 13.1. The van der Waals surface area contributed by atoms with Gasteiger partial charge in [0.15, 0.2) is 0 Å². The molecule has 0 bridgehead atoms. The highest BCUT2D eigenvalue weighted by molar-refractivity contribution is 5.79. The highest BCUT2D eigenvalue weighted by atomic mass is 19.1. The van der Waals surface area contributed by atoms with Gasteiger partial charge in [-0.1, -0.05) is 12.1 Å². The fraction of sp³-hybridized carbons (Fsp3) is 0.533. The van der Waals surface area contributed by atoms with E-state index in [9.17, 15) is 9.18 Å². The largest absolute Gasteiger partial charge is 0.367 e. The molecule has 0 aliphatic carbocycles. The Morgan fingerprint density at radius 2 is 2.40 bits per heavy atom. The van der Waals surface area contributed by atoms with Crippen LogP contribution < -0.4 is 5.73 Å². The summed E-state index contributed by atoms with van der Waals surface area (Å²) in [5.41, 5.74) is 6.28. The number of hydrogen-bond acceptors (Lipinski definition) is 3. The molecular weight excluding hydrogens is 259 g/mol. The lowest BCUT2D eigenvalue weighted by molar-refractivity contribution is -0.136. The first kappa shape index (κ1) is 14.9. The molecule has 1 saturated heterocycles. The van der Waals surface area contributed by atoms with Crippen molar-refractivity contribution in [2.45, 2.75) is 31.9 Å². The van der Waals surface area contributed by atoms with E-state index in [-0.39, 0.29) is 5.82 Å². The number of benzene rings is 1. The minimum absolute atomic E-state index is 0.199. The number of hydrogen-bond donors (Lipinski definition) is 1. The SMILES string of the molecule is C[C@H](CCc1cccc(F)c1)N1CCO[C@H](C(N)=O)C1. The first-order chi connectivity index (χ1) is 9.56. The van der Waals surface area contributed by atoms with Crippen molar-refractivity contribution in [2.24, 2.45) is 5.73 Å². The molecule has 2 atom stereocenters. The average Bonchev–Trinajstić information content (AvgIpc) is 2.45. The summed E-state index contributed by atoms with van der Waals surface area (Å²) in [4.78, 5) is 13.4. The van der Waals surface area contributed by atoms with E-state index in [2.05, 4.69) is 11.8 Å². The van der Waals surface area contributed by atoms with Gasteiger partial charge in [0.1, 0.15) is 11.9 Å². The maximum Gasteiger partial charge on any atom is 0.247 e. The molecule has 1 fully saturated rings. The molecule has 1 aromatic rings. The molecule has 0 radical (unpaired) electrons. The van der Waals surface area contributed by atoms with Crippen LogP contribution in [-0.2, 0) is 16.0 Å². The zero-order valence-corrected chi connectivity index (χ0v) is 11.7. The van der Waals surface area contributed by atoms with Gasteiger partial charge in [-0.05, 0) is 37.5 Å². The first-order valence-electron chi connectivity index (χ1n) is 6.95. The van der Waals surface area contributed by atoms with Gasteiger partial charge in [-0.15, -0.1) is 0 Å². The lowest BCUT2D eigenvalue weighted by atomic mass is 10.0. The summed E-state index contributed by atoms with van der Waals surface area (Å²) in [5, 5.41) is 0. The number of primary amides is 1. The molecule has 1 heterocycles. The Morgan fingerprint density at radius 1 is 1.60 bits per heavy atom. The molecule has 1 amide bonds. The number of nitrogens with zero attached hydrogens (tertiary/aromatic N) is 1. The van der Waals surface area contributed by atoms with E-state index in [1.165, 1.54) is 6.07 Å². The van der Waals surface area contributed by atoms with Crippen molar-refractivity contribution in [3.8, 4) is 0 Å². The summed E-state index contributed by atoms with van der Waals surface area (Å²) >= 11 is 0. The Bertz CT molecular complexity index is 467. The number of ether oxygens (including phenoxy) is 1. The number of amides is 1. The number of morpholine rings is 1. The van der Waals surface area contributed by atoms with Gasteiger partial charge in [0.25, 0.3) is 0 Å². The molecule has 4 nitrogen and oxygen atoms in total. The number of carbonyl (C=O) groups is 1. The Labute approximate surface area is 118 Å². The fourth-order valence-electron chi connectivity index (χ4n) is 2.49. The van der Waals surface area contributed by atoms with Crippen LogP contribution in [-0.4, -0.2) is 42.6 Å². The average molecular weight is 280 g/mol. The third-order valence-corrected chi connectivity index (χ3v) is 3.78. The molecular formula is C15H21FN2O2. The topological polar surface area (TPSA) is 55.6 Å². The van der Waals surface area contributed by atoms with Gasteiger partial charge in [-0.2, -0.15) is 0 Å². The fourth-order valence-corrected chi connectivity index (χ4v) is 2.49. The minimum Gasteiger partial charge on any atom is -0.367 e. The Hall–Kier alpha value is -1.46. The Morgan fingerprint density at radius 3 is 3.10 bits per heavy atom. The van der Waals surface area contributed by atoms with Gasteiger partial charge in [0.05, 0.1) is 6.61 Å². The molecule has 110 valence electrons. The third kappa shape index (κ3) is 4.02. The number of carbonyl (C=O) groups excluding carboxylic acids is 1. The van der Waals surface area contributed by atoms with Crippen molar-refractivity contribution in [3.05, 3.63) is 35.6 Å². The van der Waals surface area contributed by atoms with Crippen LogP contribution in [0.5, 0.6) is 0 Å². The molecule has 5 heteroatoms. The van der Waals surface area contributed by atoms with Crippen molar-refractivity contribution >= 4 is 5.91 Å². The van der Waals surface area contributed by atoms with Gasteiger partial charge in [-0.25, -0.2) is 4.39 Å². The molecule has 0 unspecified atom stereocenters. The van der Waals surface area contributed by atoms with Crippen LogP contribution in [0.2, 0.25) is 0 Å². The third-order valence-electron chi connectivity index (χ3n) is 3.78. The minimum atomic E-state index is -0.514. The highest BCUT2D eigenvalue weighted by Crippen LogP contribution is 2.14. The molecule has 1 aromatic carbocycles. The Balaban J connectivity index is 1.85. The molecule has 20 heavy (non-hydrogen) atoms. The van der Waals surface area contributed by atoms with E-state index in [1.807, 2.05) is 6.07 Å². The summed E-state index contributed by atoms with van der Waals surface area (Å²) in [6.45, 7) is 3.98. The second kappa shape index (κ2) is 6.81. The van der Waals surface area contributed by atoms with Crippen LogP contribution in [0.25, 0.3) is 0 Å². The summed E-state index contributed by atoms with van der Waals surface area (Å²) in [5.74, 6) is -0.609. The number of nitrogens with two attached hydrogens (primary N) is 1. The lowest BCUT2D eigenvalue weighted by Crippen LogP contribution is -2.51. The summed E-state index contributed by atoms with van der Waals surface area (Å²) < 4.78 is 18.4. The molecule has 0 saturated carbocycles. The van der Waals surface area contributed by atoms with Crippen molar-refractivity contribution in [2.75, 3.05) is 19.7 Å². The molecule has 2 rings (SSSR count). The van der Waals surface area contributed by atoms with Gasteiger partial charge in [0, 0.05) is 19.1 Å².